The average molecular weight is 369 g/mol. The average Bonchev–Trinajstić information content (AvgIpc) is 2.61. The molecule has 0 spiro atoms. The Morgan fingerprint density at radius 2 is 1.92 bits per heavy atom. The second-order valence-corrected chi connectivity index (χ2v) is 8.89. The topological polar surface area (TPSA) is 93.2 Å². The lowest BCUT2D eigenvalue weighted by atomic mass is 9.86. The van der Waals surface area contributed by atoms with E-state index in [1.54, 1.807) is 12.4 Å². The van der Waals surface area contributed by atoms with E-state index in [0.717, 1.165) is 50.9 Å². The third kappa shape index (κ3) is 5.70. The van der Waals surface area contributed by atoms with Crippen molar-refractivity contribution >= 4 is 10.0 Å². The first kappa shape index (κ1) is 18.7. The molecule has 3 rings (SSSR count). The Morgan fingerprint density at radius 3 is 2.60 bits per heavy atom. The predicted molar refractivity (Wildman–Crippen MR) is 95.8 cm³/mol. The standard InChI is InChI=1S/C17H28N4O3S/c1-25(22,23)21-15-4-2-9-18-16(15)12-24-14-7-5-13(6-8-14)17-19-10-3-11-20-17/h3,10-11,13-16,18,21H,2,4-9,12H2,1H3/t13?,14?,15-,16-/m0/s1. The van der Waals surface area contributed by atoms with Crippen molar-refractivity contribution in [3.8, 4) is 0 Å². The largest absolute Gasteiger partial charge is 0.377 e. The number of piperidine rings is 1. The van der Waals surface area contributed by atoms with Gasteiger partial charge in [-0.15, -0.1) is 0 Å². The molecule has 1 aromatic rings. The van der Waals surface area contributed by atoms with Gasteiger partial charge in [-0.05, 0) is 51.1 Å². The zero-order chi connectivity index (χ0) is 17.7. The van der Waals surface area contributed by atoms with Gasteiger partial charge in [-0.25, -0.2) is 23.1 Å². The van der Waals surface area contributed by atoms with E-state index in [4.69, 9.17) is 4.74 Å². The summed E-state index contributed by atoms with van der Waals surface area (Å²) in [4.78, 5) is 8.73. The molecule has 2 N–H and O–H groups in total. The quantitative estimate of drug-likeness (QED) is 0.783. The molecule has 0 bridgehead atoms. The summed E-state index contributed by atoms with van der Waals surface area (Å²) < 4.78 is 31.9. The first-order valence-corrected chi connectivity index (χ1v) is 11.0. The highest BCUT2D eigenvalue weighted by Crippen LogP contribution is 2.32. The van der Waals surface area contributed by atoms with Crippen LogP contribution in [0, 0.1) is 0 Å². The summed E-state index contributed by atoms with van der Waals surface area (Å²) in [5.41, 5.74) is 0. The molecule has 0 radical (unpaired) electrons. The monoisotopic (exact) mass is 368 g/mol. The Morgan fingerprint density at radius 1 is 1.20 bits per heavy atom. The summed E-state index contributed by atoms with van der Waals surface area (Å²) in [6.45, 7) is 1.46. The van der Waals surface area contributed by atoms with Crippen LogP contribution in [0.25, 0.3) is 0 Å². The van der Waals surface area contributed by atoms with E-state index in [1.807, 2.05) is 6.07 Å². The molecular weight excluding hydrogens is 340 g/mol. The fourth-order valence-electron chi connectivity index (χ4n) is 3.79. The normalized spacial score (nSPS) is 30.9. The van der Waals surface area contributed by atoms with Gasteiger partial charge in [-0.2, -0.15) is 0 Å². The zero-order valence-corrected chi connectivity index (χ0v) is 15.5. The highest BCUT2D eigenvalue weighted by Gasteiger charge is 2.29. The zero-order valence-electron chi connectivity index (χ0n) is 14.7. The van der Waals surface area contributed by atoms with Gasteiger partial charge in [0, 0.05) is 30.4 Å². The first-order chi connectivity index (χ1) is 12.0. The highest BCUT2D eigenvalue weighted by atomic mass is 32.2. The van der Waals surface area contributed by atoms with Gasteiger partial charge in [-0.1, -0.05) is 0 Å². The molecule has 25 heavy (non-hydrogen) atoms. The van der Waals surface area contributed by atoms with E-state index < -0.39 is 10.0 Å². The maximum atomic E-state index is 11.5. The van der Waals surface area contributed by atoms with E-state index in [0.29, 0.717) is 12.5 Å². The molecule has 2 fully saturated rings. The molecule has 2 heterocycles. The van der Waals surface area contributed by atoms with Gasteiger partial charge in [0.2, 0.25) is 10.0 Å². The van der Waals surface area contributed by atoms with Gasteiger partial charge in [0.1, 0.15) is 5.82 Å². The summed E-state index contributed by atoms with van der Waals surface area (Å²) in [6, 6.07) is 1.80. The molecule has 1 aliphatic heterocycles. The van der Waals surface area contributed by atoms with E-state index in [1.165, 1.54) is 6.26 Å². The fourth-order valence-corrected chi connectivity index (χ4v) is 4.62. The highest BCUT2D eigenvalue weighted by molar-refractivity contribution is 7.88. The van der Waals surface area contributed by atoms with Crippen LogP contribution in [0.2, 0.25) is 0 Å². The first-order valence-electron chi connectivity index (χ1n) is 9.10. The molecule has 1 saturated carbocycles. The van der Waals surface area contributed by atoms with Crippen LogP contribution in [0.4, 0.5) is 0 Å². The molecule has 0 amide bonds. The lowest BCUT2D eigenvalue weighted by Crippen LogP contribution is -2.55. The SMILES string of the molecule is CS(=O)(=O)N[C@H]1CCCN[C@H]1COC1CCC(c2ncccn2)CC1. The lowest BCUT2D eigenvalue weighted by Gasteiger charge is -2.34. The number of sulfonamides is 1. The molecule has 0 aromatic carbocycles. The minimum Gasteiger partial charge on any atom is -0.377 e. The van der Waals surface area contributed by atoms with E-state index in [2.05, 4.69) is 20.0 Å². The second kappa shape index (κ2) is 8.53. The van der Waals surface area contributed by atoms with Gasteiger partial charge in [0.15, 0.2) is 0 Å². The van der Waals surface area contributed by atoms with Crippen LogP contribution >= 0.6 is 0 Å². The van der Waals surface area contributed by atoms with E-state index in [9.17, 15) is 8.42 Å². The molecule has 1 saturated heterocycles. The molecule has 8 heteroatoms. The van der Waals surface area contributed by atoms with Crippen molar-refractivity contribution in [2.75, 3.05) is 19.4 Å². The number of nitrogens with zero attached hydrogens (tertiary/aromatic N) is 2. The molecule has 1 aliphatic carbocycles. The van der Waals surface area contributed by atoms with E-state index >= 15 is 0 Å². The molecule has 7 nitrogen and oxygen atoms in total. The van der Waals surface area contributed by atoms with Crippen molar-refractivity contribution in [3.05, 3.63) is 24.3 Å². The fraction of sp³-hybridized carbons (Fsp3) is 0.765. The molecule has 1 aromatic heterocycles. The molecule has 2 atom stereocenters. The van der Waals surface area contributed by atoms with Gasteiger partial charge in [-0.3, -0.25) is 0 Å². The Balaban J connectivity index is 1.45. The summed E-state index contributed by atoms with van der Waals surface area (Å²) in [5.74, 6) is 1.36. The maximum Gasteiger partial charge on any atom is 0.209 e. The van der Waals surface area contributed by atoms with Crippen LogP contribution in [0.15, 0.2) is 18.5 Å². The minimum atomic E-state index is -3.20. The van der Waals surface area contributed by atoms with Gasteiger partial charge in [0.05, 0.1) is 19.0 Å². The van der Waals surface area contributed by atoms with Crippen LogP contribution in [0.3, 0.4) is 0 Å². The van der Waals surface area contributed by atoms with Gasteiger partial charge >= 0.3 is 0 Å². The third-order valence-electron chi connectivity index (χ3n) is 5.09. The third-order valence-corrected chi connectivity index (χ3v) is 5.82. The minimum absolute atomic E-state index is 0.0404. The number of hydrogen-bond donors (Lipinski definition) is 2. The summed E-state index contributed by atoms with van der Waals surface area (Å²) >= 11 is 0. The van der Waals surface area contributed by atoms with Crippen molar-refractivity contribution < 1.29 is 13.2 Å². The number of nitrogens with one attached hydrogen (secondary N) is 2. The van der Waals surface area contributed by atoms with Crippen LogP contribution in [-0.4, -0.2) is 56.0 Å². The van der Waals surface area contributed by atoms with Crippen LogP contribution in [0.1, 0.15) is 50.3 Å². The number of hydrogen-bond acceptors (Lipinski definition) is 6. The van der Waals surface area contributed by atoms with Crippen molar-refractivity contribution in [1.82, 2.24) is 20.0 Å². The summed E-state index contributed by atoms with van der Waals surface area (Å²) in [7, 11) is -3.20. The van der Waals surface area contributed by atoms with Crippen LogP contribution < -0.4 is 10.0 Å². The number of rotatable bonds is 6. The summed E-state index contributed by atoms with van der Waals surface area (Å²) in [5, 5.41) is 3.39. The Hall–Kier alpha value is -1.09. The molecule has 140 valence electrons. The molecule has 0 unspecified atom stereocenters. The molecule has 2 aliphatic rings. The van der Waals surface area contributed by atoms with Crippen LogP contribution in [0.5, 0.6) is 0 Å². The van der Waals surface area contributed by atoms with Crippen molar-refractivity contribution in [2.24, 2.45) is 0 Å². The predicted octanol–water partition coefficient (Wildman–Crippen LogP) is 1.19. The van der Waals surface area contributed by atoms with Gasteiger partial charge < -0.3 is 10.1 Å². The van der Waals surface area contributed by atoms with Crippen molar-refractivity contribution in [2.45, 2.75) is 62.6 Å². The van der Waals surface area contributed by atoms with Crippen LogP contribution in [-0.2, 0) is 14.8 Å². The van der Waals surface area contributed by atoms with Crippen molar-refractivity contribution in [1.29, 1.82) is 0 Å². The Labute approximate surface area is 150 Å². The second-order valence-electron chi connectivity index (χ2n) is 7.11. The Bertz CT molecular complexity index is 633. The number of ether oxygens (including phenoxy) is 1. The lowest BCUT2D eigenvalue weighted by molar-refractivity contribution is 0.00482. The van der Waals surface area contributed by atoms with E-state index in [-0.39, 0.29) is 18.2 Å². The smallest absolute Gasteiger partial charge is 0.209 e. The van der Waals surface area contributed by atoms with Gasteiger partial charge in [0.25, 0.3) is 0 Å². The van der Waals surface area contributed by atoms with Crippen molar-refractivity contribution in [3.63, 3.8) is 0 Å². The maximum absolute atomic E-state index is 11.5. The summed E-state index contributed by atoms with van der Waals surface area (Å²) in [6.07, 6.45) is 11.0. The Kier molecular flexibility index (Phi) is 6.38. The molecular formula is C17H28N4O3S. The number of aromatic nitrogens is 2.